The predicted molar refractivity (Wildman–Crippen MR) is 114 cm³/mol. The number of fused-ring (bicyclic) bond motifs is 1. The summed E-state index contributed by atoms with van der Waals surface area (Å²) < 4.78 is 13.0. The molecule has 1 aromatic heterocycles. The summed E-state index contributed by atoms with van der Waals surface area (Å²) in [4.78, 5) is 30.7. The molecule has 8 heteroatoms. The maximum atomic E-state index is 13.0. The lowest BCUT2D eigenvalue weighted by Gasteiger charge is -2.31. The molecule has 0 radical (unpaired) electrons. The van der Waals surface area contributed by atoms with Gasteiger partial charge in [0.15, 0.2) is 5.78 Å². The van der Waals surface area contributed by atoms with Crippen LogP contribution in [-0.4, -0.2) is 41.2 Å². The summed E-state index contributed by atoms with van der Waals surface area (Å²) in [5.41, 5.74) is 3.13. The molecule has 3 heterocycles. The Morgan fingerprint density at radius 1 is 1.10 bits per heavy atom. The number of aromatic nitrogens is 1. The minimum atomic E-state index is -0.326. The second kappa shape index (κ2) is 10.1. The second-order valence-corrected chi connectivity index (χ2v) is 7.33. The number of hydrogen-bond donors (Lipinski definition) is 1. The van der Waals surface area contributed by atoms with Crippen LogP contribution in [0.15, 0.2) is 36.4 Å². The van der Waals surface area contributed by atoms with Crippen molar-refractivity contribution in [1.82, 2.24) is 15.2 Å². The summed E-state index contributed by atoms with van der Waals surface area (Å²) in [6.45, 7) is 2.65. The Kier molecular flexibility index (Phi) is 8.14. The zero-order chi connectivity index (χ0) is 18.8. The van der Waals surface area contributed by atoms with Gasteiger partial charge in [-0.25, -0.2) is 4.39 Å². The van der Waals surface area contributed by atoms with Gasteiger partial charge in [-0.1, -0.05) is 0 Å². The number of benzene rings is 1. The zero-order valence-electron chi connectivity index (χ0n) is 15.9. The molecule has 0 saturated carbocycles. The number of halogens is 3. The molecule has 1 N–H and O–H groups in total. The highest BCUT2D eigenvalue weighted by Crippen LogP contribution is 2.23. The fourth-order valence-corrected chi connectivity index (χ4v) is 3.84. The van der Waals surface area contributed by atoms with Crippen LogP contribution in [0.4, 0.5) is 4.39 Å². The van der Waals surface area contributed by atoms with Gasteiger partial charge in [-0.2, -0.15) is 0 Å². The number of ketones is 1. The summed E-state index contributed by atoms with van der Waals surface area (Å²) in [7, 11) is 0. The number of carbonyl (C=O) groups is 2. The first-order valence-corrected chi connectivity index (χ1v) is 9.36. The average molecular weight is 440 g/mol. The molecule has 0 atom stereocenters. The fourth-order valence-electron chi connectivity index (χ4n) is 3.84. The number of carbonyl (C=O) groups excluding carboxylic acids is 2. The van der Waals surface area contributed by atoms with E-state index in [0.29, 0.717) is 30.1 Å². The average Bonchev–Trinajstić information content (AvgIpc) is 3.04. The molecule has 2 aromatic rings. The number of rotatable bonds is 5. The van der Waals surface area contributed by atoms with Crippen LogP contribution in [0.1, 0.15) is 44.9 Å². The van der Waals surface area contributed by atoms with Crippen LogP contribution in [-0.2, 0) is 13.0 Å². The topological polar surface area (TPSA) is 62.3 Å². The molecule has 0 spiro atoms. The van der Waals surface area contributed by atoms with Crippen LogP contribution >= 0.6 is 24.8 Å². The second-order valence-electron chi connectivity index (χ2n) is 7.33. The van der Waals surface area contributed by atoms with Gasteiger partial charge in [0, 0.05) is 11.3 Å². The van der Waals surface area contributed by atoms with Crippen LogP contribution in [0, 0.1) is 11.7 Å². The van der Waals surface area contributed by atoms with E-state index in [-0.39, 0.29) is 42.3 Å². The molecular weight excluding hydrogens is 416 g/mol. The Balaban J connectivity index is 0.00000150. The molecule has 1 fully saturated rings. The Bertz CT molecular complexity index is 869. The van der Waals surface area contributed by atoms with Crippen molar-refractivity contribution in [3.63, 3.8) is 0 Å². The molecule has 0 aliphatic carbocycles. The fraction of sp³-hybridized carbons (Fsp3) is 0.381. The van der Waals surface area contributed by atoms with E-state index in [1.54, 1.807) is 12.1 Å². The van der Waals surface area contributed by atoms with Gasteiger partial charge in [-0.15, -0.1) is 24.8 Å². The summed E-state index contributed by atoms with van der Waals surface area (Å²) >= 11 is 0. The molecule has 4 rings (SSSR count). The van der Waals surface area contributed by atoms with Gasteiger partial charge in [0.05, 0.1) is 24.3 Å². The smallest absolute Gasteiger partial charge is 0.253 e. The van der Waals surface area contributed by atoms with Crippen molar-refractivity contribution in [2.75, 3.05) is 19.6 Å². The molecule has 1 aromatic carbocycles. The molecule has 2 aliphatic rings. The summed E-state index contributed by atoms with van der Waals surface area (Å²) in [6, 6.07) is 9.57. The van der Waals surface area contributed by atoms with E-state index >= 15 is 0 Å². The highest BCUT2D eigenvalue weighted by molar-refractivity contribution is 5.98. The number of piperidine rings is 1. The van der Waals surface area contributed by atoms with E-state index < -0.39 is 0 Å². The first-order valence-electron chi connectivity index (χ1n) is 9.36. The third-order valence-corrected chi connectivity index (χ3v) is 5.43. The van der Waals surface area contributed by atoms with Crippen molar-refractivity contribution < 1.29 is 14.0 Å². The molecular formula is C21H24Cl2FN3O2. The first kappa shape index (κ1) is 23.3. The van der Waals surface area contributed by atoms with Crippen molar-refractivity contribution in [3.8, 4) is 0 Å². The van der Waals surface area contributed by atoms with Gasteiger partial charge in [0.2, 0.25) is 0 Å². The standard InChI is InChI=1S/C21H22FN3O2.2ClH/c22-16-3-1-15(2-4-16)20(26)13-25-9-7-14(8-10-25)11-17-5-6-18-19(24-17)12-23-21(18)27;;/h1-6,14H,7-13H2,(H,23,27);2*1H. The number of Topliss-reactive ketones (excluding diaryl/α,β-unsaturated/α-hetero) is 1. The van der Waals surface area contributed by atoms with Crippen molar-refractivity contribution >= 4 is 36.5 Å². The van der Waals surface area contributed by atoms with Gasteiger partial charge < -0.3 is 5.32 Å². The molecule has 29 heavy (non-hydrogen) atoms. The Hall–Kier alpha value is -2.02. The van der Waals surface area contributed by atoms with Crippen LogP contribution in [0.25, 0.3) is 0 Å². The Morgan fingerprint density at radius 3 is 2.48 bits per heavy atom. The van der Waals surface area contributed by atoms with Gasteiger partial charge in [-0.05, 0) is 74.7 Å². The van der Waals surface area contributed by atoms with Gasteiger partial charge >= 0.3 is 0 Å². The lowest BCUT2D eigenvalue weighted by Crippen LogP contribution is -2.37. The number of amides is 1. The molecule has 5 nitrogen and oxygen atoms in total. The van der Waals surface area contributed by atoms with E-state index in [2.05, 4.69) is 15.2 Å². The van der Waals surface area contributed by atoms with Crippen LogP contribution < -0.4 is 5.32 Å². The number of nitrogens with one attached hydrogen (secondary N) is 1. The van der Waals surface area contributed by atoms with Gasteiger partial charge in [0.1, 0.15) is 5.82 Å². The summed E-state index contributed by atoms with van der Waals surface area (Å²) in [6.07, 6.45) is 2.94. The van der Waals surface area contributed by atoms with E-state index in [0.717, 1.165) is 43.7 Å². The maximum absolute atomic E-state index is 13.0. The highest BCUT2D eigenvalue weighted by atomic mass is 35.5. The van der Waals surface area contributed by atoms with Gasteiger partial charge in [-0.3, -0.25) is 19.5 Å². The third kappa shape index (κ3) is 5.53. The van der Waals surface area contributed by atoms with E-state index in [1.807, 2.05) is 12.1 Å². The Labute approximate surface area is 181 Å². The summed E-state index contributed by atoms with van der Waals surface area (Å²) in [5.74, 6) is 0.208. The summed E-state index contributed by atoms with van der Waals surface area (Å²) in [5, 5.41) is 2.80. The molecule has 0 bridgehead atoms. The normalized spacial score (nSPS) is 16.4. The predicted octanol–water partition coefficient (Wildman–Crippen LogP) is 3.45. The monoisotopic (exact) mass is 439 g/mol. The van der Waals surface area contributed by atoms with Crippen molar-refractivity contribution in [1.29, 1.82) is 0 Å². The number of pyridine rings is 1. The Morgan fingerprint density at radius 2 is 1.79 bits per heavy atom. The number of nitrogens with zero attached hydrogens (tertiary/aromatic N) is 2. The highest BCUT2D eigenvalue weighted by Gasteiger charge is 2.24. The van der Waals surface area contributed by atoms with Crippen LogP contribution in [0.5, 0.6) is 0 Å². The van der Waals surface area contributed by atoms with E-state index in [4.69, 9.17) is 0 Å². The zero-order valence-corrected chi connectivity index (χ0v) is 17.5. The third-order valence-electron chi connectivity index (χ3n) is 5.43. The number of likely N-dealkylation sites (tertiary alicyclic amines) is 1. The minimum Gasteiger partial charge on any atom is -0.346 e. The largest absolute Gasteiger partial charge is 0.346 e. The molecule has 0 unspecified atom stereocenters. The quantitative estimate of drug-likeness (QED) is 0.724. The SMILES string of the molecule is Cl.Cl.O=C(CN1CCC(Cc2ccc3c(n2)CNC3=O)CC1)c1ccc(F)cc1. The first-order chi connectivity index (χ1) is 13.1. The van der Waals surface area contributed by atoms with E-state index in [1.165, 1.54) is 12.1 Å². The molecule has 156 valence electrons. The van der Waals surface area contributed by atoms with Crippen molar-refractivity contribution in [2.24, 2.45) is 5.92 Å². The van der Waals surface area contributed by atoms with Crippen molar-refractivity contribution in [3.05, 3.63) is 64.7 Å². The van der Waals surface area contributed by atoms with Crippen molar-refractivity contribution in [2.45, 2.75) is 25.8 Å². The minimum absolute atomic E-state index is 0. The van der Waals surface area contributed by atoms with Gasteiger partial charge in [0.25, 0.3) is 5.91 Å². The lowest BCUT2D eigenvalue weighted by atomic mass is 9.91. The molecule has 1 amide bonds. The van der Waals surface area contributed by atoms with Crippen LogP contribution in [0.3, 0.4) is 0 Å². The van der Waals surface area contributed by atoms with Crippen LogP contribution in [0.2, 0.25) is 0 Å². The molecule has 1 saturated heterocycles. The van der Waals surface area contributed by atoms with E-state index in [9.17, 15) is 14.0 Å². The maximum Gasteiger partial charge on any atom is 0.253 e. The molecule has 2 aliphatic heterocycles. The number of hydrogen-bond acceptors (Lipinski definition) is 4. The lowest BCUT2D eigenvalue weighted by molar-refractivity contribution is 0.0894.